The molecule has 0 bridgehead atoms. The summed E-state index contributed by atoms with van der Waals surface area (Å²) in [4.78, 5) is 11.6. The first-order valence-electron chi connectivity index (χ1n) is 6.52. The fraction of sp³-hybridized carbons (Fsp3) is 0.692. The predicted molar refractivity (Wildman–Crippen MR) is 76.3 cm³/mol. The Bertz CT molecular complexity index is 374. The smallest absolute Gasteiger partial charge is 0.220 e. The van der Waals surface area contributed by atoms with Crippen LogP contribution in [0, 0.1) is 13.8 Å². The van der Waals surface area contributed by atoms with Crippen molar-refractivity contribution in [3.05, 3.63) is 17.0 Å². The first kappa shape index (κ1) is 16.0. The van der Waals surface area contributed by atoms with Crippen LogP contribution in [0.5, 0.6) is 0 Å². The van der Waals surface area contributed by atoms with Gasteiger partial charge in [-0.3, -0.25) is 4.79 Å². The van der Waals surface area contributed by atoms with Crippen LogP contribution in [0.1, 0.15) is 29.9 Å². The highest BCUT2D eigenvalue weighted by molar-refractivity contribution is 7.99. The molecule has 0 aliphatic carbocycles. The van der Waals surface area contributed by atoms with E-state index >= 15 is 0 Å². The summed E-state index contributed by atoms with van der Waals surface area (Å²) in [7, 11) is 0. The van der Waals surface area contributed by atoms with Gasteiger partial charge >= 0.3 is 0 Å². The molecule has 0 aromatic carbocycles. The molecule has 0 saturated heterocycles. The number of nitrogens with zero attached hydrogens (tertiary/aromatic N) is 1. The first-order valence-corrected chi connectivity index (χ1v) is 7.67. The number of hydrogen-bond donors (Lipinski definition) is 2. The minimum atomic E-state index is 0.0581. The number of aliphatic hydroxyl groups is 1. The summed E-state index contributed by atoms with van der Waals surface area (Å²) in [5.41, 5.74) is 1.90. The van der Waals surface area contributed by atoms with Crippen LogP contribution in [0.2, 0.25) is 0 Å². The molecule has 1 amide bonds. The highest BCUT2D eigenvalue weighted by Gasteiger charge is 2.10. The third kappa shape index (κ3) is 6.11. The van der Waals surface area contributed by atoms with E-state index < -0.39 is 0 Å². The lowest BCUT2D eigenvalue weighted by atomic mass is 10.1. The summed E-state index contributed by atoms with van der Waals surface area (Å²) in [6.07, 6.45) is 1.94. The molecule has 0 saturated carbocycles. The highest BCUT2D eigenvalue weighted by atomic mass is 32.2. The van der Waals surface area contributed by atoms with E-state index in [1.165, 1.54) is 0 Å². The zero-order valence-corrected chi connectivity index (χ0v) is 12.4. The molecule has 0 aliphatic rings. The van der Waals surface area contributed by atoms with Crippen LogP contribution in [0.15, 0.2) is 4.52 Å². The summed E-state index contributed by atoms with van der Waals surface area (Å²) in [5.74, 6) is 2.68. The van der Waals surface area contributed by atoms with Gasteiger partial charge in [-0.05, 0) is 32.4 Å². The molecular weight excluding hydrogens is 264 g/mol. The van der Waals surface area contributed by atoms with E-state index in [4.69, 9.17) is 9.63 Å². The Morgan fingerprint density at radius 2 is 2.21 bits per heavy atom. The van der Waals surface area contributed by atoms with E-state index in [-0.39, 0.29) is 12.5 Å². The van der Waals surface area contributed by atoms with Crippen molar-refractivity contribution in [3.63, 3.8) is 0 Å². The van der Waals surface area contributed by atoms with E-state index in [2.05, 4.69) is 10.5 Å². The maximum absolute atomic E-state index is 11.6. The molecule has 1 aromatic heterocycles. The second-order valence-corrected chi connectivity index (χ2v) is 5.57. The topological polar surface area (TPSA) is 75.4 Å². The molecule has 2 N–H and O–H groups in total. The second-order valence-electron chi connectivity index (χ2n) is 4.34. The number of thioether (sulfide) groups is 1. The van der Waals surface area contributed by atoms with Crippen LogP contribution in [0.4, 0.5) is 0 Å². The molecule has 5 nitrogen and oxygen atoms in total. The summed E-state index contributed by atoms with van der Waals surface area (Å²) in [5, 5.41) is 15.4. The van der Waals surface area contributed by atoms with E-state index in [0.29, 0.717) is 19.4 Å². The number of aliphatic hydroxyl groups excluding tert-OH is 1. The van der Waals surface area contributed by atoms with Gasteiger partial charge in [0.1, 0.15) is 5.76 Å². The largest absolute Gasteiger partial charge is 0.396 e. The van der Waals surface area contributed by atoms with E-state index in [1.54, 1.807) is 11.8 Å². The Labute approximate surface area is 118 Å². The molecule has 0 atom stereocenters. The number of rotatable bonds is 9. The summed E-state index contributed by atoms with van der Waals surface area (Å²) >= 11 is 1.74. The van der Waals surface area contributed by atoms with Crippen molar-refractivity contribution in [1.82, 2.24) is 10.5 Å². The number of aromatic nitrogens is 1. The molecular formula is C13H22N2O3S. The minimum absolute atomic E-state index is 0.0581. The van der Waals surface area contributed by atoms with Crippen molar-refractivity contribution in [2.24, 2.45) is 0 Å². The molecule has 1 aromatic rings. The lowest BCUT2D eigenvalue weighted by Crippen LogP contribution is -2.26. The molecule has 0 radical (unpaired) electrons. The van der Waals surface area contributed by atoms with Gasteiger partial charge < -0.3 is 14.9 Å². The van der Waals surface area contributed by atoms with E-state index in [1.807, 2.05) is 13.8 Å². The van der Waals surface area contributed by atoms with Gasteiger partial charge in [0.05, 0.1) is 5.69 Å². The van der Waals surface area contributed by atoms with Crippen LogP contribution in [0.25, 0.3) is 0 Å². The fourth-order valence-corrected chi connectivity index (χ4v) is 2.50. The predicted octanol–water partition coefficient (Wildman–Crippen LogP) is 1.46. The zero-order chi connectivity index (χ0) is 14.1. The molecule has 0 fully saturated rings. The Hall–Kier alpha value is -1.01. The van der Waals surface area contributed by atoms with E-state index in [9.17, 15) is 4.79 Å². The number of hydrogen-bond acceptors (Lipinski definition) is 5. The van der Waals surface area contributed by atoms with Crippen molar-refractivity contribution in [3.8, 4) is 0 Å². The second kappa shape index (κ2) is 8.98. The Balaban J connectivity index is 2.11. The molecule has 0 aliphatic heterocycles. The normalized spacial score (nSPS) is 10.7. The number of carbonyl (C=O) groups is 1. The standard InChI is InChI=1S/C13H22N2O3S/c1-10-12(11(2)18-15-10)4-5-13(17)14-6-9-19-8-3-7-16/h16H,3-9H2,1-2H3,(H,14,17). The van der Waals surface area contributed by atoms with Gasteiger partial charge in [-0.25, -0.2) is 0 Å². The van der Waals surface area contributed by atoms with Gasteiger partial charge in [-0.2, -0.15) is 11.8 Å². The number of amides is 1. The Morgan fingerprint density at radius 3 is 2.84 bits per heavy atom. The molecule has 0 unspecified atom stereocenters. The molecule has 108 valence electrons. The molecule has 0 spiro atoms. The van der Waals surface area contributed by atoms with Crippen LogP contribution < -0.4 is 5.32 Å². The maximum atomic E-state index is 11.6. The lowest BCUT2D eigenvalue weighted by Gasteiger charge is -2.05. The monoisotopic (exact) mass is 286 g/mol. The summed E-state index contributed by atoms with van der Waals surface area (Å²) < 4.78 is 5.06. The number of carbonyl (C=O) groups excluding carboxylic acids is 1. The van der Waals surface area contributed by atoms with Gasteiger partial charge in [-0.1, -0.05) is 5.16 Å². The highest BCUT2D eigenvalue weighted by Crippen LogP contribution is 2.14. The number of nitrogens with one attached hydrogen (secondary N) is 1. The van der Waals surface area contributed by atoms with Crippen molar-refractivity contribution in [1.29, 1.82) is 0 Å². The fourth-order valence-electron chi connectivity index (χ4n) is 1.72. The first-order chi connectivity index (χ1) is 9.15. The van der Waals surface area contributed by atoms with Crippen LogP contribution in [-0.2, 0) is 11.2 Å². The quantitative estimate of drug-likeness (QED) is 0.672. The number of aryl methyl sites for hydroxylation is 2. The van der Waals surface area contributed by atoms with Gasteiger partial charge in [0.2, 0.25) is 5.91 Å². The SMILES string of the molecule is Cc1noc(C)c1CCC(=O)NCCSCCCO. The average Bonchev–Trinajstić information content (AvgIpc) is 2.71. The summed E-state index contributed by atoms with van der Waals surface area (Å²) in [6, 6.07) is 0. The van der Waals surface area contributed by atoms with Gasteiger partial charge in [0.15, 0.2) is 0 Å². The summed E-state index contributed by atoms with van der Waals surface area (Å²) in [6.45, 7) is 4.67. The third-order valence-corrected chi connectivity index (χ3v) is 3.87. The van der Waals surface area contributed by atoms with Crippen LogP contribution >= 0.6 is 11.8 Å². The molecule has 6 heteroatoms. The molecule has 1 rings (SSSR count). The van der Waals surface area contributed by atoms with Crippen molar-refractivity contribution < 1.29 is 14.4 Å². The lowest BCUT2D eigenvalue weighted by molar-refractivity contribution is -0.120. The van der Waals surface area contributed by atoms with Crippen LogP contribution in [-0.4, -0.2) is 40.8 Å². The van der Waals surface area contributed by atoms with E-state index in [0.717, 1.165) is 34.9 Å². The average molecular weight is 286 g/mol. The Kier molecular flexibility index (Phi) is 7.59. The van der Waals surface area contributed by atoms with Gasteiger partial charge in [-0.15, -0.1) is 0 Å². The Morgan fingerprint density at radius 1 is 1.42 bits per heavy atom. The van der Waals surface area contributed by atoms with Crippen molar-refractivity contribution in [2.75, 3.05) is 24.7 Å². The molecule has 19 heavy (non-hydrogen) atoms. The van der Waals surface area contributed by atoms with Crippen molar-refractivity contribution >= 4 is 17.7 Å². The third-order valence-electron chi connectivity index (χ3n) is 2.80. The maximum Gasteiger partial charge on any atom is 0.220 e. The van der Waals surface area contributed by atoms with Crippen molar-refractivity contribution in [2.45, 2.75) is 33.1 Å². The van der Waals surface area contributed by atoms with Gasteiger partial charge in [0, 0.05) is 30.9 Å². The van der Waals surface area contributed by atoms with Crippen LogP contribution in [0.3, 0.4) is 0 Å². The van der Waals surface area contributed by atoms with Gasteiger partial charge in [0.25, 0.3) is 0 Å². The molecule has 1 heterocycles. The zero-order valence-electron chi connectivity index (χ0n) is 11.6. The minimum Gasteiger partial charge on any atom is -0.396 e.